The average molecular weight is 195 g/mol. The minimum absolute atomic E-state index is 0.949. The van der Waals surface area contributed by atoms with Gasteiger partial charge in [-0.3, -0.25) is 0 Å². The summed E-state index contributed by atoms with van der Waals surface area (Å²) in [5.41, 5.74) is 0. The smallest absolute Gasteiger partial charge is 0.0917 e. The van der Waals surface area contributed by atoms with E-state index < -0.39 is 10.3 Å². The van der Waals surface area contributed by atoms with Gasteiger partial charge in [0, 0.05) is 11.0 Å². The van der Waals surface area contributed by atoms with Crippen LogP contribution >= 0.6 is 10.3 Å². The van der Waals surface area contributed by atoms with Gasteiger partial charge in [-0.1, -0.05) is 28.5 Å². The zero-order chi connectivity index (χ0) is 9.73. The molecule has 0 radical (unpaired) electrons. The molecular weight excluding hydrogens is 182 g/mol. The lowest BCUT2D eigenvalue weighted by molar-refractivity contribution is 0.647. The van der Waals surface area contributed by atoms with Gasteiger partial charge in [0.2, 0.25) is 0 Å². The van der Waals surface area contributed by atoms with Gasteiger partial charge in [0.05, 0.1) is 6.07 Å². The minimum atomic E-state index is -1.87. The molecule has 0 aliphatic heterocycles. The Morgan fingerprint density at radius 1 is 1.62 bits per heavy atom. The summed E-state index contributed by atoms with van der Waals surface area (Å²) in [5.74, 6) is 0. The summed E-state index contributed by atoms with van der Waals surface area (Å²) < 4.78 is 10.00. The van der Waals surface area contributed by atoms with E-state index in [-0.39, 0.29) is 0 Å². The van der Waals surface area contributed by atoms with Crippen LogP contribution in [0.25, 0.3) is 0 Å². The van der Waals surface area contributed by atoms with E-state index in [0.29, 0.717) is 0 Å². The second kappa shape index (κ2) is 4.31. The van der Waals surface area contributed by atoms with Crippen molar-refractivity contribution in [2.45, 2.75) is 12.8 Å². The molecule has 70 valence electrons. The van der Waals surface area contributed by atoms with Crippen LogP contribution in [0.4, 0.5) is 0 Å². The first kappa shape index (κ1) is 10.1. The van der Waals surface area contributed by atoms with E-state index in [1.54, 1.807) is 11.7 Å². The fourth-order valence-corrected chi connectivity index (χ4v) is 2.45. The molecule has 0 bridgehead atoms. The van der Waals surface area contributed by atoms with Crippen LogP contribution in [0, 0.1) is 11.3 Å². The monoisotopic (exact) mass is 195 g/mol. The normalized spacial score (nSPS) is 23.3. The Morgan fingerprint density at radius 3 is 2.92 bits per heavy atom. The molecule has 1 unspecified atom stereocenters. The van der Waals surface area contributed by atoms with Crippen molar-refractivity contribution in [3.8, 4) is 6.07 Å². The lowest BCUT2D eigenvalue weighted by atomic mass is 10.2. The lowest BCUT2D eigenvalue weighted by Crippen LogP contribution is -1.96. The van der Waals surface area contributed by atoms with E-state index in [1.165, 1.54) is 6.08 Å². The zero-order valence-electron chi connectivity index (χ0n) is 7.60. The largest absolute Gasteiger partial charge is 0.344 e. The predicted octanol–water partition coefficient (Wildman–Crippen LogP) is 3.16. The Morgan fingerprint density at radius 2 is 2.38 bits per heavy atom. The summed E-state index contributed by atoms with van der Waals surface area (Å²) in [6.45, 7) is 0. The van der Waals surface area contributed by atoms with Gasteiger partial charge in [-0.05, 0) is 24.5 Å². The molecule has 0 saturated heterocycles. The first-order chi connectivity index (χ1) is 6.17. The molecule has 1 aliphatic rings. The summed E-state index contributed by atoms with van der Waals surface area (Å²) >= 11 is 0. The highest BCUT2D eigenvalue weighted by Crippen LogP contribution is 2.51. The SMILES string of the molecule is CS(O)(/C=C/C#N)C1=CCCC=C1. The predicted molar refractivity (Wildman–Crippen MR) is 57.4 cm³/mol. The molecule has 1 atom stereocenters. The Labute approximate surface area is 80.4 Å². The maximum atomic E-state index is 10.00. The molecule has 0 heterocycles. The number of nitriles is 1. The van der Waals surface area contributed by atoms with Gasteiger partial charge < -0.3 is 4.55 Å². The maximum Gasteiger partial charge on any atom is 0.0917 e. The highest BCUT2D eigenvalue weighted by Gasteiger charge is 2.15. The van der Waals surface area contributed by atoms with E-state index in [2.05, 4.69) is 6.08 Å². The molecule has 0 saturated carbocycles. The van der Waals surface area contributed by atoms with Crippen LogP contribution in [0.3, 0.4) is 0 Å². The maximum absolute atomic E-state index is 10.00. The quantitative estimate of drug-likeness (QED) is 0.688. The van der Waals surface area contributed by atoms with E-state index in [1.807, 2.05) is 18.2 Å². The molecule has 3 heteroatoms. The summed E-state index contributed by atoms with van der Waals surface area (Å²) in [7, 11) is -1.87. The fourth-order valence-electron chi connectivity index (χ4n) is 1.14. The third-order valence-electron chi connectivity index (χ3n) is 1.85. The van der Waals surface area contributed by atoms with Crippen LogP contribution in [0.1, 0.15) is 12.8 Å². The number of allylic oxidation sites excluding steroid dienone is 4. The van der Waals surface area contributed by atoms with Crippen molar-refractivity contribution in [3.63, 3.8) is 0 Å². The molecule has 1 rings (SSSR count). The fraction of sp³-hybridized carbons (Fsp3) is 0.300. The molecule has 1 N–H and O–H groups in total. The standard InChI is InChI=1S/C10H13NOS/c1-13(12,9-5-8-11)10-6-3-2-4-7-10/h3,5-7,9,12H,2,4H2,1H3/b9-5+. The van der Waals surface area contributed by atoms with Gasteiger partial charge in [-0.2, -0.15) is 5.26 Å². The second-order valence-electron chi connectivity index (χ2n) is 2.96. The van der Waals surface area contributed by atoms with Crippen LogP contribution in [-0.4, -0.2) is 10.8 Å². The van der Waals surface area contributed by atoms with Gasteiger partial charge in [-0.25, -0.2) is 0 Å². The second-order valence-corrected chi connectivity index (χ2v) is 5.57. The zero-order valence-corrected chi connectivity index (χ0v) is 8.42. The molecule has 0 spiro atoms. The van der Waals surface area contributed by atoms with Crippen molar-refractivity contribution in [1.29, 1.82) is 5.26 Å². The van der Waals surface area contributed by atoms with Crippen LogP contribution in [0.15, 0.2) is 34.6 Å². The Kier molecular flexibility index (Phi) is 3.35. The minimum Gasteiger partial charge on any atom is -0.344 e. The summed E-state index contributed by atoms with van der Waals surface area (Å²) in [5, 5.41) is 9.95. The van der Waals surface area contributed by atoms with Crippen molar-refractivity contribution >= 4 is 10.3 Å². The van der Waals surface area contributed by atoms with Crippen LogP contribution in [0.5, 0.6) is 0 Å². The first-order valence-corrected chi connectivity index (χ1v) is 6.16. The highest BCUT2D eigenvalue weighted by molar-refractivity contribution is 8.34. The van der Waals surface area contributed by atoms with Gasteiger partial charge in [0.1, 0.15) is 0 Å². The van der Waals surface area contributed by atoms with E-state index in [9.17, 15) is 4.55 Å². The van der Waals surface area contributed by atoms with Crippen molar-refractivity contribution in [1.82, 2.24) is 0 Å². The highest BCUT2D eigenvalue weighted by atomic mass is 32.3. The Hall–Kier alpha value is -0.980. The Balaban J connectivity index is 2.80. The van der Waals surface area contributed by atoms with Crippen LogP contribution < -0.4 is 0 Å². The van der Waals surface area contributed by atoms with Crippen molar-refractivity contribution in [3.05, 3.63) is 34.6 Å². The lowest BCUT2D eigenvalue weighted by Gasteiger charge is -2.27. The summed E-state index contributed by atoms with van der Waals surface area (Å²) in [6.07, 6.45) is 11.2. The molecule has 13 heavy (non-hydrogen) atoms. The number of hydrogen-bond acceptors (Lipinski definition) is 2. The third-order valence-corrected chi connectivity index (χ3v) is 3.77. The molecular formula is C10H13NOS. The van der Waals surface area contributed by atoms with Gasteiger partial charge in [0.25, 0.3) is 0 Å². The summed E-state index contributed by atoms with van der Waals surface area (Å²) in [4.78, 5) is 0.949. The molecule has 0 amide bonds. The molecule has 0 aromatic rings. The van der Waals surface area contributed by atoms with Crippen molar-refractivity contribution in [2.75, 3.05) is 6.26 Å². The molecule has 0 fully saturated rings. The topological polar surface area (TPSA) is 44.0 Å². The van der Waals surface area contributed by atoms with E-state index in [0.717, 1.165) is 17.7 Å². The summed E-state index contributed by atoms with van der Waals surface area (Å²) in [6, 6.07) is 1.89. The van der Waals surface area contributed by atoms with Gasteiger partial charge >= 0.3 is 0 Å². The van der Waals surface area contributed by atoms with Crippen molar-refractivity contribution < 1.29 is 4.55 Å². The van der Waals surface area contributed by atoms with Gasteiger partial charge in [0.15, 0.2) is 0 Å². The number of hydrogen-bond donors (Lipinski definition) is 1. The van der Waals surface area contributed by atoms with Crippen LogP contribution in [0.2, 0.25) is 0 Å². The number of nitrogens with zero attached hydrogens (tertiary/aromatic N) is 1. The molecule has 1 aliphatic carbocycles. The average Bonchev–Trinajstić information content (AvgIpc) is 2.16. The van der Waals surface area contributed by atoms with E-state index >= 15 is 0 Å². The molecule has 0 aromatic heterocycles. The first-order valence-electron chi connectivity index (χ1n) is 4.10. The number of rotatable bonds is 2. The van der Waals surface area contributed by atoms with E-state index in [4.69, 9.17) is 5.26 Å². The van der Waals surface area contributed by atoms with Crippen molar-refractivity contribution in [2.24, 2.45) is 0 Å². The van der Waals surface area contributed by atoms with Crippen LogP contribution in [-0.2, 0) is 0 Å². The van der Waals surface area contributed by atoms with Gasteiger partial charge in [-0.15, -0.1) is 0 Å². The Bertz CT molecular complexity index is 307. The molecule has 0 aromatic carbocycles. The molecule has 2 nitrogen and oxygen atoms in total. The third kappa shape index (κ3) is 2.76.